The maximum atomic E-state index is 11.3. The fraction of sp³-hybridized carbons (Fsp3) is 0. The lowest BCUT2D eigenvalue weighted by molar-refractivity contribution is 0.100. The fourth-order valence-corrected chi connectivity index (χ4v) is 2.26. The van der Waals surface area contributed by atoms with Crippen LogP contribution in [-0.4, -0.2) is 14.3 Å². The Bertz CT molecular complexity index is 753. The normalized spacial score (nSPS) is 11.6. The zero-order valence-corrected chi connectivity index (χ0v) is 9.90. The van der Waals surface area contributed by atoms with Gasteiger partial charge in [-0.1, -0.05) is 0 Å². The van der Waals surface area contributed by atoms with Gasteiger partial charge in [0.25, 0.3) is 0 Å². The lowest BCUT2D eigenvalue weighted by Crippen LogP contribution is -2.16. The molecule has 0 aliphatic carbocycles. The number of primary amides is 1. The molecule has 0 spiro atoms. The van der Waals surface area contributed by atoms with Gasteiger partial charge in [-0.15, -0.1) is 0 Å². The molecule has 0 atom stereocenters. The fourth-order valence-electron chi connectivity index (χ4n) is 1.69. The van der Waals surface area contributed by atoms with Crippen molar-refractivity contribution in [2.75, 3.05) is 0 Å². The molecule has 0 aliphatic heterocycles. The number of sulfonamides is 1. The number of hydrogen-bond acceptors (Lipinski definition) is 3. The van der Waals surface area contributed by atoms with Crippen molar-refractivity contribution in [3.63, 3.8) is 0 Å². The van der Waals surface area contributed by atoms with Crippen LogP contribution in [0.4, 0.5) is 0 Å². The summed E-state index contributed by atoms with van der Waals surface area (Å²) in [4.78, 5) is 11.0. The summed E-state index contributed by atoms with van der Waals surface area (Å²) >= 11 is 0. The number of hydrogen-bond donors (Lipinski definition) is 2. The minimum atomic E-state index is -3.97. The molecule has 0 heterocycles. The molecule has 0 unspecified atom stereocenters. The summed E-state index contributed by atoms with van der Waals surface area (Å²) in [6, 6.07) is 6.25. The third-order valence-electron chi connectivity index (χ3n) is 2.49. The first-order chi connectivity index (χ1) is 8.29. The van der Waals surface area contributed by atoms with E-state index in [9.17, 15) is 18.3 Å². The van der Waals surface area contributed by atoms with Gasteiger partial charge in [0.1, 0.15) is 0 Å². The van der Waals surface area contributed by atoms with Gasteiger partial charge >= 0.3 is 0 Å². The summed E-state index contributed by atoms with van der Waals surface area (Å²) in [6.07, 6.45) is 0. The lowest BCUT2D eigenvalue weighted by atomic mass is 10.0. The Labute approximate surface area is 103 Å². The van der Waals surface area contributed by atoms with Crippen LogP contribution >= 0.6 is 0 Å². The SMILES string of the molecule is NC(=O)c1cc(S(N)(=O)=O)cc2cc([O])ccc12. The predicted molar refractivity (Wildman–Crippen MR) is 64.0 cm³/mol. The number of rotatable bonds is 2. The van der Waals surface area contributed by atoms with Gasteiger partial charge in [0.15, 0.2) is 5.75 Å². The molecule has 0 saturated heterocycles. The van der Waals surface area contributed by atoms with Crippen LogP contribution in [0.25, 0.3) is 10.8 Å². The van der Waals surface area contributed by atoms with Crippen LogP contribution in [0.1, 0.15) is 10.4 Å². The molecular formula is C11H9N2O4S. The highest BCUT2D eigenvalue weighted by molar-refractivity contribution is 7.89. The molecule has 0 aromatic heterocycles. The number of nitrogens with two attached hydrogens (primary N) is 2. The highest BCUT2D eigenvalue weighted by Gasteiger charge is 2.15. The van der Waals surface area contributed by atoms with Crippen molar-refractivity contribution >= 4 is 26.7 Å². The number of benzene rings is 2. The minimum Gasteiger partial charge on any atom is -0.366 e. The van der Waals surface area contributed by atoms with E-state index in [0.29, 0.717) is 10.8 Å². The van der Waals surface area contributed by atoms with Crippen LogP contribution in [0, 0.1) is 0 Å². The maximum absolute atomic E-state index is 11.3. The molecule has 2 rings (SSSR count). The second kappa shape index (κ2) is 3.97. The monoisotopic (exact) mass is 265 g/mol. The van der Waals surface area contributed by atoms with Crippen LogP contribution in [0.2, 0.25) is 0 Å². The second-order valence-electron chi connectivity index (χ2n) is 3.76. The largest absolute Gasteiger partial charge is 0.366 e. The van der Waals surface area contributed by atoms with E-state index in [1.165, 1.54) is 24.3 Å². The number of amides is 1. The standard InChI is InChI=1S/C11H9N2O4S/c12-11(15)10-5-8(18(13,16)17)4-6-3-7(14)1-2-9(6)10/h1-5H,(H2,12,15)(H2,13,16,17). The second-order valence-corrected chi connectivity index (χ2v) is 5.32. The first kappa shape index (κ1) is 12.3. The Kier molecular flexibility index (Phi) is 2.72. The summed E-state index contributed by atoms with van der Waals surface area (Å²) in [5.74, 6) is -1.09. The Hall–Kier alpha value is -2.12. The smallest absolute Gasteiger partial charge is 0.249 e. The molecule has 1 radical (unpaired) electrons. The summed E-state index contributed by atoms with van der Waals surface area (Å²) in [5.41, 5.74) is 5.19. The van der Waals surface area contributed by atoms with Crippen molar-refractivity contribution < 1.29 is 18.3 Å². The highest BCUT2D eigenvalue weighted by Crippen LogP contribution is 2.26. The molecule has 2 aromatic rings. The number of carbonyl (C=O) groups is 1. The van der Waals surface area contributed by atoms with E-state index in [4.69, 9.17) is 10.9 Å². The highest BCUT2D eigenvalue weighted by atomic mass is 32.2. The molecule has 0 aliphatic rings. The molecule has 4 N–H and O–H groups in total. The lowest BCUT2D eigenvalue weighted by Gasteiger charge is -2.06. The molecule has 0 saturated carbocycles. The van der Waals surface area contributed by atoms with Crippen molar-refractivity contribution in [3.8, 4) is 5.75 Å². The van der Waals surface area contributed by atoms with Gasteiger partial charge in [-0.05, 0) is 41.1 Å². The van der Waals surface area contributed by atoms with Crippen LogP contribution in [0.3, 0.4) is 0 Å². The summed E-state index contributed by atoms with van der Waals surface area (Å²) in [6.45, 7) is 0. The number of primary sulfonamides is 1. The Morgan fingerprint density at radius 1 is 1.11 bits per heavy atom. The van der Waals surface area contributed by atoms with Crippen molar-refractivity contribution in [2.24, 2.45) is 10.9 Å². The topological polar surface area (TPSA) is 123 Å². The molecule has 18 heavy (non-hydrogen) atoms. The van der Waals surface area contributed by atoms with E-state index in [1.807, 2.05) is 0 Å². The van der Waals surface area contributed by atoms with Crippen LogP contribution in [-0.2, 0) is 15.1 Å². The Balaban J connectivity index is 2.92. The first-order valence-electron chi connectivity index (χ1n) is 4.86. The Morgan fingerprint density at radius 2 is 1.78 bits per heavy atom. The van der Waals surface area contributed by atoms with E-state index in [1.54, 1.807) is 0 Å². The van der Waals surface area contributed by atoms with Gasteiger partial charge in [0, 0.05) is 5.56 Å². The van der Waals surface area contributed by atoms with Gasteiger partial charge < -0.3 is 5.73 Å². The maximum Gasteiger partial charge on any atom is 0.249 e. The van der Waals surface area contributed by atoms with Crippen molar-refractivity contribution in [1.29, 1.82) is 0 Å². The van der Waals surface area contributed by atoms with E-state index in [-0.39, 0.29) is 16.2 Å². The van der Waals surface area contributed by atoms with Gasteiger partial charge in [-0.2, -0.15) is 0 Å². The van der Waals surface area contributed by atoms with Crippen LogP contribution in [0.15, 0.2) is 35.2 Å². The average molecular weight is 265 g/mol. The molecule has 0 bridgehead atoms. The van der Waals surface area contributed by atoms with Crippen molar-refractivity contribution in [3.05, 3.63) is 35.9 Å². The van der Waals surface area contributed by atoms with Gasteiger partial charge in [0.05, 0.1) is 4.90 Å². The molecule has 0 fully saturated rings. The van der Waals surface area contributed by atoms with Gasteiger partial charge in [0.2, 0.25) is 15.9 Å². The molecule has 2 aromatic carbocycles. The summed E-state index contributed by atoms with van der Waals surface area (Å²) in [7, 11) is -3.97. The van der Waals surface area contributed by atoms with Gasteiger partial charge in [-0.25, -0.2) is 13.6 Å². The average Bonchev–Trinajstić information content (AvgIpc) is 2.25. The summed E-state index contributed by atoms with van der Waals surface area (Å²) < 4.78 is 22.6. The summed E-state index contributed by atoms with van der Waals surface area (Å²) in [5, 5.41) is 16.9. The van der Waals surface area contributed by atoms with Gasteiger partial charge in [-0.3, -0.25) is 9.90 Å². The third-order valence-corrected chi connectivity index (χ3v) is 3.38. The van der Waals surface area contributed by atoms with E-state index < -0.39 is 15.9 Å². The van der Waals surface area contributed by atoms with Crippen molar-refractivity contribution in [1.82, 2.24) is 0 Å². The van der Waals surface area contributed by atoms with E-state index >= 15 is 0 Å². The number of carbonyl (C=O) groups excluding carboxylic acids is 1. The quantitative estimate of drug-likeness (QED) is 0.831. The first-order valence-corrected chi connectivity index (χ1v) is 6.41. The zero-order chi connectivity index (χ0) is 13.5. The molecule has 1 amide bonds. The Morgan fingerprint density at radius 3 is 2.33 bits per heavy atom. The van der Waals surface area contributed by atoms with Crippen molar-refractivity contribution in [2.45, 2.75) is 4.90 Å². The third kappa shape index (κ3) is 2.13. The zero-order valence-electron chi connectivity index (χ0n) is 9.08. The molecule has 7 heteroatoms. The van der Waals surface area contributed by atoms with Crippen LogP contribution < -0.4 is 10.9 Å². The molecule has 6 nitrogen and oxygen atoms in total. The number of fused-ring (bicyclic) bond motifs is 1. The molecular weight excluding hydrogens is 256 g/mol. The van der Waals surface area contributed by atoms with E-state index in [2.05, 4.69) is 0 Å². The molecule has 93 valence electrons. The minimum absolute atomic E-state index is 0.0107. The predicted octanol–water partition coefficient (Wildman–Crippen LogP) is 0.730. The van der Waals surface area contributed by atoms with Crippen LogP contribution in [0.5, 0.6) is 5.75 Å². The van der Waals surface area contributed by atoms with E-state index in [0.717, 1.165) is 6.07 Å².